The zero-order valence-electron chi connectivity index (χ0n) is 17.5. The molecular formula is C21H24N2O6S2. The van der Waals surface area contributed by atoms with Crippen LogP contribution in [-0.2, 0) is 23.9 Å². The van der Waals surface area contributed by atoms with Crippen LogP contribution in [0.4, 0.5) is 5.00 Å². The first-order chi connectivity index (χ1) is 14.8. The molecule has 2 aromatic rings. The Labute approximate surface area is 188 Å². The molecule has 166 valence electrons. The van der Waals surface area contributed by atoms with Gasteiger partial charge in [-0.1, -0.05) is 6.07 Å². The van der Waals surface area contributed by atoms with E-state index in [9.17, 15) is 19.2 Å². The molecule has 0 aromatic carbocycles. The Bertz CT molecular complexity index is 967. The molecule has 1 aliphatic rings. The van der Waals surface area contributed by atoms with Crippen molar-refractivity contribution < 1.29 is 28.7 Å². The lowest BCUT2D eigenvalue weighted by molar-refractivity contribution is -0.151. The van der Waals surface area contributed by atoms with E-state index in [0.29, 0.717) is 17.1 Å². The summed E-state index contributed by atoms with van der Waals surface area (Å²) in [6.07, 6.45) is 0.0841. The van der Waals surface area contributed by atoms with E-state index in [-0.39, 0.29) is 30.5 Å². The van der Waals surface area contributed by atoms with Crippen molar-refractivity contribution in [3.8, 4) is 10.4 Å². The van der Waals surface area contributed by atoms with Crippen LogP contribution in [-0.4, -0.2) is 54.5 Å². The van der Waals surface area contributed by atoms with Crippen molar-refractivity contribution in [3.63, 3.8) is 0 Å². The van der Waals surface area contributed by atoms with Crippen LogP contribution in [0.25, 0.3) is 10.4 Å². The van der Waals surface area contributed by atoms with Crippen molar-refractivity contribution in [2.45, 2.75) is 33.2 Å². The summed E-state index contributed by atoms with van der Waals surface area (Å²) in [4.78, 5) is 51.6. The molecular weight excluding hydrogens is 440 g/mol. The van der Waals surface area contributed by atoms with Gasteiger partial charge in [0.2, 0.25) is 5.91 Å². The van der Waals surface area contributed by atoms with Gasteiger partial charge < -0.3 is 19.7 Å². The number of thiophene rings is 2. The standard InChI is InChI=1S/C21H24N2O6S2/c1-4-28-21(27)18-14(15-6-5-7-30-15)11-31-19(18)22-16(24)10-29-20(26)13-8-17(25)23(9-13)12(2)3/h5-7,11-13H,4,8-10H2,1-3H3,(H,22,24). The number of rotatable bonds is 8. The monoisotopic (exact) mass is 464 g/mol. The number of nitrogens with zero attached hydrogens (tertiary/aromatic N) is 1. The Kier molecular flexibility index (Phi) is 7.45. The zero-order valence-corrected chi connectivity index (χ0v) is 19.1. The maximum absolute atomic E-state index is 12.5. The van der Waals surface area contributed by atoms with Gasteiger partial charge in [0.1, 0.15) is 10.6 Å². The molecule has 3 heterocycles. The topological polar surface area (TPSA) is 102 Å². The Morgan fingerprint density at radius 1 is 1.26 bits per heavy atom. The Morgan fingerprint density at radius 3 is 2.65 bits per heavy atom. The van der Waals surface area contributed by atoms with Crippen LogP contribution in [0.15, 0.2) is 22.9 Å². The number of esters is 2. The van der Waals surface area contributed by atoms with E-state index in [2.05, 4.69) is 5.32 Å². The maximum Gasteiger partial charge on any atom is 0.341 e. The number of likely N-dealkylation sites (tertiary alicyclic amines) is 1. The molecule has 0 saturated carbocycles. The second-order valence-corrected chi connectivity index (χ2v) is 9.08. The predicted molar refractivity (Wildman–Crippen MR) is 118 cm³/mol. The molecule has 1 aliphatic heterocycles. The van der Waals surface area contributed by atoms with Gasteiger partial charge in [-0.05, 0) is 32.2 Å². The predicted octanol–water partition coefficient (Wildman–Crippen LogP) is 3.39. The van der Waals surface area contributed by atoms with E-state index < -0.39 is 30.4 Å². The van der Waals surface area contributed by atoms with Gasteiger partial charge >= 0.3 is 11.9 Å². The molecule has 2 aromatic heterocycles. The first-order valence-electron chi connectivity index (χ1n) is 9.90. The number of carbonyl (C=O) groups excluding carboxylic acids is 4. The molecule has 31 heavy (non-hydrogen) atoms. The first-order valence-corrected chi connectivity index (χ1v) is 11.7. The molecule has 0 bridgehead atoms. The number of carbonyl (C=O) groups is 4. The van der Waals surface area contributed by atoms with Gasteiger partial charge in [0.05, 0.1) is 12.5 Å². The average molecular weight is 465 g/mol. The summed E-state index contributed by atoms with van der Waals surface area (Å²) in [6.45, 7) is 5.47. The van der Waals surface area contributed by atoms with Crippen LogP contribution in [0.2, 0.25) is 0 Å². The first kappa shape index (κ1) is 23.0. The summed E-state index contributed by atoms with van der Waals surface area (Å²) in [5.74, 6) is -2.35. The zero-order chi connectivity index (χ0) is 22.5. The van der Waals surface area contributed by atoms with E-state index >= 15 is 0 Å². The van der Waals surface area contributed by atoms with Gasteiger partial charge in [-0.2, -0.15) is 0 Å². The summed E-state index contributed by atoms with van der Waals surface area (Å²) in [5, 5.41) is 6.66. The largest absolute Gasteiger partial charge is 0.462 e. The van der Waals surface area contributed by atoms with Crippen molar-refractivity contribution in [1.29, 1.82) is 0 Å². The van der Waals surface area contributed by atoms with Crippen molar-refractivity contribution in [2.75, 3.05) is 25.1 Å². The lowest BCUT2D eigenvalue weighted by Crippen LogP contribution is -2.33. The Morgan fingerprint density at radius 2 is 2.03 bits per heavy atom. The van der Waals surface area contributed by atoms with Crippen molar-refractivity contribution in [2.24, 2.45) is 5.92 Å². The minimum Gasteiger partial charge on any atom is -0.462 e. The van der Waals surface area contributed by atoms with Gasteiger partial charge in [0.15, 0.2) is 6.61 Å². The average Bonchev–Trinajstić information content (AvgIpc) is 3.45. The molecule has 8 nitrogen and oxygen atoms in total. The fraction of sp³-hybridized carbons (Fsp3) is 0.429. The summed E-state index contributed by atoms with van der Waals surface area (Å²) in [5.41, 5.74) is 0.965. The molecule has 0 aliphatic carbocycles. The van der Waals surface area contributed by atoms with Crippen LogP contribution in [0.1, 0.15) is 37.6 Å². The highest BCUT2D eigenvalue weighted by Gasteiger charge is 2.36. The molecule has 1 fully saturated rings. The van der Waals surface area contributed by atoms with Crippen LogP contribution in [0.5, 0.6) is 0 Å². The third kappa shape index (κ3) is 5.31. The van der Waals surface area contributed by atoms with Gasteiger partial charge in [-0.15, -0.1) is 22.7 Å². The fourth-order valence-corrected chi connectivity index (χ4v) is 5.06. The minimum atomic E-state index is -0.581. The van der Waals surface area contributed by atoms with Gasteiger partial charge in [-0.3, -0.25) is 14.4 Å². The molecule has 1 N–H and O–H groups in total. The third-order valence-corrected chi connectivity index (χ3v) is 6.57. The van der Waals surface area contributed by atoms with Crippen LogP contribution in [0, 0.1) is 5.92 Å². The van der Waals surface area contributed by atoms with E-state index in [4.69, 9.17) is 9.47 Å². The highest BCUT2D eigenvalue weighted by atomic mass is 32.1. The number of ether oxygens (including phenoxy) is 2. The molecule has 10 heteroatoms. The highest BCUT2D eigenvalue weighted by Crippen LogP contribution is 2.38. The molecule has 1 unspecified atom stereocenters. The van der Waals surface area contributed by atoms with E-state index in [0.717, 1.165) is 4.88 Å². The molecule has 1 saturated heterocycles. The maximum atomic E-state index is 12.5. The Hall–Kier alpha value is -2.72. The van der Waals surface area contributed by atoms with E-state index in [1.54, 1.807) is 17.2 Å². The lowest BCUT2D eigenvalue weighted by atomic mass is 10.1. The van der Waals surface area contributed by atoms with Crippen molar-refractivity contribution in [1.82, 2.24) is 4.90 Å². The van der Waals surface area contributed by atoms with Crippen molar-refractivity contribution in [3.05, 3.63) is 28.5 Å². The second-order valence-electron chi connectivity index (χ2n) is 7.25. The van der Waals surface area contributed by atoms with E-state index in [1.165, 1.54) is 22.7 Å². The van der Waals surface area contributed by atoms with Gasteiger partial charge in [0.25, 0.3) is 5.91 Å². The van der Waals surface area contributed by atoms with Crippen LogP contribution >= 0.6 is 22.7 Å². The molecule has 2 amide bonds. The smallest absolute Gasteiger partial charge is 0.341 e. The molecule has 0 radical (unpaired) electrons. The fourth-order valence-electron chi connectivity index (χ4n) is 3.27. The molecule has 1 atom stereocenters. The number of nitrogens with one attached hydrogen (secondary N) is 1. The summed E-state index contributed by atoms with van der Waals surface area (Å²) in [7, 11) is 0. The third-order valence-electron chi connectivity index (χ3n) is 4.77. The number of anilines is 1. The summed E-state index contributed by atoms with van der Waals surface area (Å²) < 4.78 is 10.3. The summed E-state index contributed by atoms with van der Waals surface area (Å²) >= 11 is 2.68. The van der Waals surface area contributed by atoms with Gasteiger partial charge in [-0.25, -0.2) is 4.79 Å². The highest BCUT2D eigenvalue weighted by molar-refractivity contribution is 7.17. The Balaban J connectivity index is 1.64. The van der Waals surface area contributed by atoms with Crippen molar-refractivity contribution >= 4 is 51.4 Å². The second kappa shape index (κ2) is 10.1. The quantitative estimate of drug-likeness (QED) is 0.601. The van der Waals surface area contributed by atoms with Gasteiger partial charge in [0, 0.05) is 34.8 Å². The van der Waals surface area contributed by atoms with E-state index in [1.807, 2.05) is 31.4 Å². The number of hydrogen-bond acceptors (Lipinski definition) is 8. The van der Waals surface area contributed by atoms with Crippen LogP contribution < -0.4 is 5.32 Å². The summed E-state index contributed by atoms with van der Waals surface area (Å²) in [6, 6.07) is 3.76. The number of amides is 2. The van der Waals surface area contributed by atoms with Crippen LogP contribution in [0.3, 0.4) is 0 Å². The molecule has 3 rings (SSSR count). The number of hydrogen-bond donors (Lipinski definition) is 1. The SMILES string of the molecule is CCOC(=O)c1c(-c2cccs2)csc1NC(=O)COC(=O)C1CC(=O)N(C(C)C)C1. The molecule has 0 spiro atoms. The normalized spacial score (nSPS) is 15.9. The lowest BCUT2D eigenvalue weighted by Gasteiger charge is -2.20. The minimum absolute atomic E-state index is 0.00580.